The molecule has 0 aromatic heterocycles. The lowest BCUT2D eigenvalue weighted by Gasteiger charge is -2.16. The van der Waals surface area contributed by atoms with E-state index in [1.54, 1.807) is 0 Å². The third-order valence-electron chi connectivity index (χ3n) is 2.15. The minimum absolute atomic E-state index is 0.0246. The summed E-state index contributed by atoms with van der Waals surface area (Å²) >= 11 is 0. The quantitative estimate of drug-likeness (QED) is 0.313. The van der Waals surface area contributed by atoms with Crippen molar-refractivity contribution in [3.05, 3.63) is 41.4 Å². The summed E-state index contributed by atoms with van der Waals surface area (Å²) in [6, 6.07) is 3.99. The third-order valence-corrected chi connectivity index (χ3v) is 2.15. The lowest BCUT2D eigenvalue weighted by atomic mass is 9.98. The number of benzene rings is 1. The van der Waals surface area contributed by atoms with Gasteiger partial charge in [0.05, 0.1) is 13.4 Å². The Labute approximate surface area is 90.3 Å². The maximum absolute atomic E-state index is 13.4. The van der Waals surface area contributed by atoms with E-state index in [4.69, 9.17) is 0 Å². The number of carbonyl (C=O) groups is 2. The fourth-order valence-electron chi connectivity index (χ4n) is 1.49. The number of rotatable bonds is 1. The number of carbonyl (C=O) groups excluding carboxylic acids is 2. The monoisotopic (exact) mass is 222 g/mol. The van der Waals surface area contributed by atoms with Crippen molar-refractivity contribution in [2.45, 2.75) is 0 Å². The van der Waals surface area contributed by atoms with Crippen LogP contribution in [0, 0.1) is 5.82 Å². The first-order valence-corrected chi connectivity index (χ1v) is 4.43. The predicted octanol–water partition coefficient (Wildman–Crippen LogP) is 1.51. The molecule has 0 unspecified atom stereocenters. The number of halogens is 1. The summed E-state index contributed by atoms with van der Waals surface area (Å²) < 4.78 is 22.5. The molecule has 4 nitrogen and oxygen atoms in total. The Kier molecular flexibility index (Phi) is 2.44. The van der Waals surface area contributed by atoms with Gasteiger partial charge in [0.15, 0.2) is 0 Å². The van der Waals surface area contributed by atoms with Crippen LogP contribution in [0.3, 0.4) is 0 Å². The van der Waals surface area contributed by atoms with Gasteiger partial charge < -0.3 is 9.47 Å². The molecule has 0 amide bonds. The van der Waals surface area contributed by atoms with Crippen LogP contribution in [0.1, 0.15) is 15.9 Å². The lowest BCUT2D eigenvalue weighted by molar-refractivity contribution is -0.131. The van der Waals surface area contributed by atoms with Crippen LogP contribution >= 0.6 is 0 Å². The van der Waals surface area contributed by atoms with E-state index in [0.717, 1.165) is 12.3 Å². The first-order chi connectivity index (χ1) is 7.65. The Morgan fingerprint density at radius 1 is 1.31 bits per heavy atom. The fraction of sp³-hybridized carbons (Fsp3) is 0.0909. The number of hydrogen-bond donors (Lipinski definition) is 0. The fourth-order valence-corrected chi connectivity index (χ4v) is 1.49. The molecule has 2 rings (SSSR count). The van der Waals surface area contributed by atoms with Crippen LogP contribution in [0.4, 0.5) is 4.39 Å². The summed E-state index contributed by atoms with van der Waals surface area (Å²) in [5, 5.41) is 0. The molecule has 0 atom stereocenters. The van der Waals surface area contributed by atoms with E-state index in [9.17, 15) is 14.0 Å². The van der Waals surface area contributed by atoms with Crippen LogP contribution < -0.4 is 0 Å². The first kappa shape index (κ1) is 10.4. The van der Waals surface area contributed by atoms with Crippen molar-refractivity contribution in [3.8, 4) is 0 Å². The van der Waals surface area contributed by atoms with Crippen molar-refractivity contribution in [1.29, 1.82) is 0 Å². The molecule has 1 heterocycles. The van der Waals surface area contributed by atoms with Gasteiger partial charge in [-0.25, -0.2) is 14.0 Å². The smallest absolute Gasteiger partial charge is 0.349 e. The van der Waals surface area contributed by atoms with E-state index < -0.39 is 17.8 Å². The predicted molar refractivity (Wildman–Crippen MR) is 51.8 cm³/mol. The third kappa shape index (κ3) is 1.46. The number of ether oxygens (including phenoxy) is 2. The number of cyclic esters (lactones) is 2. The summed E-state index contributed by atoms with van der Waals surface area (Å²) in [5.41, 5.74) is -0.0369. The zero-order chi connectivity index (χ0) is 11.7. The number of methoxy groups -OCH3 is 1. The van der Waals surface area contributed by atoms with Crippen LogP contribution in [-0.2, 0) is 14.3 Å². The highest BCUT2D eigenvalue weighted by atomic mass is 19.1. The van der Waals surface area contributed by atoms with Crippen LogP contribution in [0.2, 0.25) is 0 Å². The second-order valence-corrected chi connectivity index (χ2v) is 3.11. The molecular formula is C11H7FO4. The van der Waals surface area contributed by atoms with Crippen LogP contribution in [-0.4, -0.2) is 19.0 Å². The Bertz CT molecular complexity index is 505. The Morgan fingerprint density at radius 3 is 2.75 bits per heavy atom. The molecule has 1 aromatic carbocycles. The largest absolute Gasteiger partial charge is 0.503 e. The highest BCUT2D eigenvalue weighted by Gasteiger charge is 2.32. The van der Waals surface area contributed by atoms with E-state index in [-0.39, 0.29) is 16.7 Å². The summed E-state index contributed by atoms with van der Waals surface area (Å²) in [4.78, 5) is 22.7. The van der Waals surface area contributed by atoms with Gasteiger partial charge in [0, 0.05) is 5.56 Å². The normalized spacial score (nSPS) is 17.0. The maximum Gasteiger partial charge on any atom is 0.349 e. The molecule has 1 aliphatic rings. The summed E-state index contributed by atoms with van der Waals surface area (Å²) in [6.07, 6.45) is 1.12. The molecular weight excluding hydrogens is 215 g/mol. The zero-order valence-corrected chi connectivity index (χ0v) is 8.32. The van der Waals surface area contributed by atoms with Crippen molar-refractivity contribution < 1.29 is 23.5 Å². The van der Waals surface area contributed by atoms with Crippen LogP contribution in [0.5, 0.6) is 0 Å². The van der Waals surface area contributed by atoms with Gasteiger partial charge in [0.1, 0.15) is 17.0 Å². The molecule has 1 aliphatic heterocycles. The number of hydrogen-bond acceptors (Lipinski definition) is 4. The van der Waals surface area contributed by atoms with Crippen molar-refractivity contribution in [2.24, 2.45) is 0 Å². The van der Waals surface area contributed by atoms with Crippen molar-refractivity contribution in [3.63, 3.8) is 0 Å². The Balaban J connectivity index is 2.69. The van der Waals surface area contributed by atoms with Gasteiger partial charge >= 0.3 is 11.9 Å². The Hall–Kier alpha value is -2.17. The summed E-state index contributed by atoms with van der Waals surface area (Å²) in [5.74, 6) is -2.55. The topological polar surface area (TPSA) is 52.6 Å². The highest BCUT2D eigenvalue weighted by Crippen LogP contribution is 2.28. The second kappa shape index (κ2) is 3.77. The molecule has 0 aliphatic carbocycles. The van der Waals surface area contributed by atoms with E-state index >= 15 is 0 Å². The standard InChI is InChI=1S/C11H7FO4/c1-15-5-7-6-3-2-4-8(12)9(6)11(14)16-10(7)13/h2-5H,1H3/b7-5-. The zero-order valence-electron chi connectivity index (χ0n) is 8.32. The maximum atomic E-state index is 13.4. The van der Waals surface area contributed by atoms with E-state index in [0.29, 0.717) is 0 Å². The van der Waals surface area contributed by atoms with Crippen LogP contribution in [0.25, 0.3) is 5.57 Å². The van der Waals surface area contributed by atoms with Gasteiger partial charge in [0.25, 0.3) is 0 Å². The molecule has 82 valence electrons. The number of fused-ring (bicyclic) bond motifs is 1. The molecule has 16 heavy (non-hydrogen) atoms. The van der Waals surface area contributed by atoms with Gasteiger partial charge in [-0.05, 0) is 6.07 Å². The number of esters is 2. The van der Waals surface area contributed by atoms with E-state index in [1.807, 2.05) is 0 Å². The molecule has 0 fully saturated rings. The molecule has 0 saturated heterocycles. The average Bonchev–Trinajstić information content (AvgIpc) is 2.23. The molecule has 0 N–H and O–H groups in total. The molecule has 5 heteroatoms. The van der Waals surface area contributed by atoms with Crippen molar-refractivity contribution in [1.82, 2.24) is 0 Å². The molecule has 0 bridgehead atoms. The van der Waals surface area contributed by atoms with Crippen molar-refractivity contribution in [2.75, 3.05) is 7.11 Å². The summed E-state index contributed by atoms with van der Waals surface area (Å²) in [6.45, 7) is 0. The van der Waals surface area contributed by atoms with Gasteiger partial charge in [0.2, 0.25) is 0 Å². The van der Waals surface area contributed by atoms with Gasteiger partial charge in [-0.1, -0.05) is 12.1 Å². The second-order valence-electron chi connectivity index (χ2n) is 3.11. The summed E-state index contributed by atoms with van der Waals surface area (Å²) in [7, 11) is 1.34. The average molecular weight is 222 g/mol. The Morgan fingerprint density at radius 2 is 2.06 bits per heavy atom. The first-order valence-electron chi connectivity index (χ1n) is 4.43. The molecule has 0 spiro atoms. The minimum Gasteiger partial charge on any atom is -0.503 e. The lowest BCUT2D eigenvalue weighted by Crippen LogP contribution is -2.23. The van der Waals surface area contributed by atoms with Crippen LogP contribution in [0.15, 0.2) is 24.5 Å². The van der Waals surface area contributed by atoms with Gasteiger partial charge in [-0.15, -0.1) is 0 Å². The molecule has 0 radical (unpaired) electrons. The molecule has 0 saturated carbocycles. The van der Waals surface area contributed by atoms with E-state index in [2.05, 4.69) is 9.47 Å². The molecule has 1 aromatic rings. The SMILES string of the molecule is CO/C=C1\C(=O)OC(=O)c2c(F)cccc21. The van der Waals surface area contributed by atoms with Crippen molar-refractivity contribution >= 4 is 17.5 Å². The minimum atomic E-state index is -0.980. The van der Waals surface area contributed by atoms with Gasteiger partial charge in [-0.3, -0.25) is 0 Å². The van der Waals surface area contributed by atoms with E-state index in [1.165, 1.54) is 19.2 Å². The van der Waals surface area contributed by atoms with Gasteiger partial charge in [-0.2, -0.15) is 0 Å². The highest BCUT2D eigenvalue weighted by molar-refractivity contribution is 6.25.